The smallest absolute Gasteiger partial charge is 0.255 e. The first-order valence-corrected chi connectivity index (χ1v) is 8.99. The minimum absolute atomic E-state index is 0.0738. The molecule has 1 saturated heterocycles. The second-order valence-electron chi connectivity index (χ2n) is 5.09. The van der Waals surface area contributed by atoms with Crippen molar-refractivity contribution in [2.45, 2.75) is 6.42 Å². The highest BCUT2D eigenvalue weighted by molar-refractivity contribution is 7.92. The zero-order valence-corrected chi connectivity index (χ0v) is 14.1. The molecule has 1 aromatic rings. The van der Waals surface area contributed by atoms with E-state index in [1.165, 1.54) is 6.07 Å². The second-order valence-corrected chi connectivity index (χ2v) is 7.65. The SMILES string of the molecule is C=CS(=O)(=O)NCC1CCN(C(=O)c2ccc(Cl)cc2Cl)C1. The van der Waals surface area contributed by atoms with Crippen LogP contribution in [-0.4, -0.2) is 38.9 Å². The molecule has 0 aromatic heterocycles. The molecule has 2 rings (SSSR count). The fourth-order valence-corrected chi connectivity index (χ4v) is 3.39. The molecule has 0 aliphatic carbocycles. The molecule has 120 valence electrons. The number of nitrogens with zero attached hydrogens (tertiary/aromatic N) is 1. The maximum absolute atomic E-state index is 12.4. The van der Waals surface area contributed by atoms with Crippen molar-refractivity contribution in [2.24, 2.45) is 5.92 Å². The number of hydrogen-bond acceptors (Lipinski definition) is 3. The second kappa shape index (κ2) is 7.00. The third kappa shape index (κ3) is 4.23. The summed E-state index contributed by atoms with van der Waals surface area (Å²) < 4.78 is 25.1. The normalized spacial score (nSPS) is 18.5. The van der Waals surface area contributed by atoms with Gasteiger partial charge in [-0.1, -0.05) is 29.8 Å². The molecule has 1 N–H and O–H groups in total. The van der Waals surface area contributed by atoms with E-state index < -0.39 is 10.0 Å². The third-order valence-corrected chi connectivity index (χ3v) is 5.08. The molecule has 1 atom stereocenters. The van der Waals surface area contributed by atoms with Gasteiger partial charge in [0.15, 0.2) is 0 Å². The molecule has 0 spiro atoms. The Morgan fingerprint density at radius 1 is 1.45 bits per heavy atom. The van der Waals surface area contributed by atoms with Gasteiger partial charge in [-0.05, 0) is 30.5 Å². The van der Waals surface area contributed by atoms with Gasteiger partial charge in [0.25, 0.3) is 5.91 Å². The summed E-state index contributed by atoms with van der Waals surface area (Å²) in [6, 6.07) is 4.75. The molecule has 1 unspecified atom stereocenters. The molecule has 1 aromatic carbocycles. The summed E-state index contributed by atoms with van der Waals surface area (Å²) in [6.45, 7) is 4.57. The molecule has 22 heavy (non-hydrogen) atoms. The van der Waals surface area contributed by atoms with E-state index in [1.807, 2.05) is 0 Å². The molecule has 0 bridgehead atoms. The van der Waals surface area contributed by atoms with E-state index in [2.05, 4.69) is 11.3 Å². The molecule has 5 nitrogen and oxygen atoms in total. The van der Waals surface area contributed by atoms with Crippen LogP contribution in [0.2, 0.25) is 10.0 Å². The minimum Gasteiger partial charge on any atom is -0.338 e. The summed E-state index contributed by atoms with van der Waals surface area (Å²) >= 11 is 11.9. The van der Waals surface area contributed by atoms with Gasteiger partial charge in [0.05, 0.1) is 10.6 Å². The molecular weight excluding hydrogens is 347 g/mol. The van der Waals surface area contributed by atoms with Gasteiger partial charge in [0.2, 0.25) is 10.0 Å². The number of rotatable bonds is 5. The van der Waals surface area contributed by atoms with Crippen molar-refractivity contribution in [1.29, 1.82) is 0 Å². The predicted molar refractivity (Wildman–Crippen MR) is 87.6 cm³/mol. The van der Waals surface area contributed by atoms with Crippen LogP contribution in [0.15, 0.2) is 30.2 Å². The number of carbonyl (C=O) groups is 1. The zero-order chi connectivity index (χ0) is 16.3. The van der Waals surface area contributed by atoms with Crippen molar-refractivity contribution in [2.75, 3.05) is 19.6 Å². The van der Waals surface area contributed by atoms with Crippen LogP contribution in [0.1, 0.15) is 16.8 Å². The van der Waals surface area contributed by atoms with E-state index >= 15 is 0 Å². The van der Waals surface area contributed by atoms with Crippen LogP contribution < -0.4 is 4.72 Å². The molecule has 1 aliphatic rings. The first kappa shape index (κ1) is 17.3. The van der Waals surface area contributed by atoms with Gasteiger partial charge >= 0.3 is 0 Å². The quantitative estimate of drug-likeness (QED) is 0.874. The average molecular weight is 363 g/mol. The van der Waals surface area contributed by atoms with Gasteiger partial charge in [0.1, 0.15) is 0 Å². The topological polar surface area (TPSA) is 66.5 Å². The van der Waals surface area contributed by atoms with Crippen LogP contribution in [0.5, 0.6) is 0 Å². The summed E-state index contributed by atoms with van der Waals surface area (Å²) in [5, 5.41) is 1.66. The van der Waals surface area contributed by atoms with Crippen molar-refractivity contribution >= 4 is 39.1 Å². The largest absolute Gasteiger partial charge is 0.338 e. The van der Waals surface area contributed by atoms with Gasteiger partial charge in [0, 0.05) is 30.1 Å². The molecule has 1 aliphatic heterocycles. The number of sulfonamides is 1. The van der Waals surface area contributed by atoms with E-state index in [9.17, 15) is 13.2 Å². The van der Waals surface area contributed by atoms with Crippen LogP contribution >= 0.6 is 23.2 Å². The van der Waals surface area contributed by atoms with Crippen molar-refractivity contribution in [3.63, 3.8) is 0 Å². The Hall–Kier alpha value is -1.08. The first-order chi connectivity index (χ1) is 10.3. The number of hydrogen-bond donors (Lipinski definition) is 1. The molecular formula is C14H16Cl2N2O3S. The Balaban J connectivity index is 1.98. The van der Waals surface area contributed by atoms with Crippen molar-refractivity contribution in [3.05, 3.63) is 45.8 Å². The molecule has 1 heterocycles. The molecule has 1 amide bonds. The monoisotopic (exact) mass is 362 g/mol. The Morgan fingerprint density at radius 2 is 2.18 bits per heavy atom. The zero-order valence-electron chi connectivity index (χ0n) is 11.8. The predicted octanol–water partition coefficient (Wildman–Crippen LogP) is 2.52. The van der Waals surface area contributed by atoms with Crippen LogP contribution in [0.25, 0.3) is 0 Å². The molecule has 0 radical (unpaired) electrons. The average Bonchev–Trinajstić information content (AvgIpc) is 2.94. The summed E-state index contributed by atoms with van der Waals surface area (Å²) in [5.41, 5.74) is 0.401. The number of benzene rings is 1. The lowest BCUT2D eigenvalue weighted by Crippen LogP contribution is -2.32. The standard InChI is InChI=1S/C14H16Cl2N2O3S/c1-2-22(20,21)17-8-10-5-6-18(9-10)14(19)12-4-3-11(15)7-13(12)16/h2-4,7,10,17H,1,5-6,8-9H2. The van der Waals surface area contributed by atoms with Crippen LogP contribution in [-0.2, 0) is 10.0 Å². The molecule has 0 saturated carbocycles. The van der Waals surface area contributed by atoms with Crippen molar-refractivity contribution in [1.82, 2.24) is 9.62 Å². The maximum atomic E-state index is 12.4. The van der Waals surface area contributed by atoms with Gasteiger partial charge in [-0.15, -0.1) is 0 Å². The molecule has 1 fully saturated rings. The fourth-order valence-electron chi connectivity index (χ4n) is 2.31. The summed E-state index contributed by atoms with van der Waals surface area (Å²) in [7, 11) is -3.43. The van der Waals surface area contributed by atoms with Crippen molar-refractivity contribution < 1.29 is 13.2 Å². The lowest BCUT2D eigenvalue weighted by atomic mass is 10.1. The highest BCUT2D eigenvalue weighted by Gasteiger charge is 2.28. The Morgan fingerprint density at radius 3 is 2.82 bits per heavy atom. The Bertz CT molecular complexity index is 691. The Labute approximate surface area is 139 Å². The lowest BCUT2D eigenvalue weighted by molar-refractivity contribution is 0.0787. The van der Waals surface area contributed by atoms with Gasteiger partial charge in [-0.2, -0.15) is 0 Å². The van der Waals surface area contributed by atoms with Gasteiger partial charge in [-0.3, -0.25) is 4.79 Å². The Kier molecular flexibility index (Phi) is 5.50. The third-order valence-electron chi connectivity index (χ3n) is 3.53. The van der Waals surface area contributed by atoms with E-state index in [1.54, 1.807) is 17.0 Å². The number of likely N-dealkylation sites (tertiary alicyclic amines) is 1. The minimum atomic E-state index is -3.43. The van der Waals surface area contributed by atoms with Crippen LogP contribution in [0.3, 0.4) is 0 Å². The van der Waals surface area contributed by atoms with E-state index in [4.69, 9.17) is 23.2 Å². The number of amides is 1. The highest BCUT2D eigenvalue weighted by Crippen LogP contribution is 2.25. The maximum Gasteiger partial charge on any atom is 0.255 e. The van der Waals surface area contributed by atoms with E-state index in [-0.39, 0.29) is 18.4 Å². The summed E-state index contributed by atoms with van der Waals surface area (Å²) in [6.07, 6.45) is 0.733. The van der Waals surface area contributed by atoms with Crippen molar-refractivity contribution in [3.8, 4) is 0 Å². The van der Waals surface area contributed by atoms with E-state index in [0.29, 0.717) is 28.7 Å². The number of carbonyl (C=O) groups excluding carboxylic acids is 1. The summed E-state index contributed by atoms with van der Waals surface area (Å²) in [4.78, 5) is 14.1. The van der Waals surface area contributed by atoms with Gasteiger partial charge in [-0.25, -0.2) is 13.1 Å². The first-order valence-electron chi connectivity index (χ1n) is 6.69. The summed E-state index contributed by atoms with van der Waals surface area (Å²) in [5.74, 6) is -0.0968. The van der Waals surface area contributed by atoms with Crippen LogP contribution in [0, 0.1) is 5.92 Å². The van der Waals surface area contributed by atoms with Crippen LogP contribution in [0.4, 0.5) is 0 Å². The van der Waals surface area contributed by atoms with Gasteiger partial charge < -0.3 is 4.90 Å². The molecule has 8 heteroatoms. The highest BCUT2D eigenvalue weighted by atomic mass is 35.5. The number of halogens is 2. The fraction of sp³-hybridized carbons (Fsp3) is 0.357. The number of nitrogens with one attached hydrogen (secondary N) is 1. The van der Waals surface area contributed by atoms with E-state index in [0.717, 1.165) is 11.8 Å². The lowest BCUT2D eigenvalue weighted by Gasteiger charge is -2.17.